The number of hydrogen-bond acceptors (Lipinski definition) is 6. The predicted molar refractivity (Wildman–Crippen MR) is 164 cm³/mol. The van der Waals surface area contributed by atoms with E-state index in [1.807, 2.05) is 36.2 Å². The van der Waals surface area contributed by atoms with Crippen LogP contribution >= 0.6 is 0 Å². The minimum absolute atomic E-state index is 0.0159. The van der Waals surface area contributed by atoms with Crippen molar-refractivity contribution in [2.45, 2.75) is 51.0 Å². The molecule has 0 atom stereocenters. The molecule has 42 heavy (non-hydrogen) atoms. The maximum absolute atomic E-state index is 13.8. The van der Waals surface area contributed by atoms with E-state index in [0.717, 1.165) is 63.5 Å². The first-order valence-corrected chi connectivity index (χ1v) is 16.2. The maximum Gasteiger partial charge on any atom is 0.303 e. The van der Waals surface area contributed by atoms with Gasteiger partial charge in [0.2, 0.25) is 0 Å². The number of Topliss-reactive ketones (excluding diaryl/α,β-unsaturated/α-hetero) is 1. The van der Waals surface area contributed by atoms with Gasteiger partial charge in [-0.15, -0.1) is 0 Å². The number of benzene rings is 2. The summed E-state index contributed by atoms with van der Waals surface area (Å²) in [6, 6.07) is 11.5. The van der Waals surface area contributed by atoms with Crippen molar-refractivity contribution in [1.82, 2.24) is 18.5 Å². The number of methoxy groups -OCH3 is 1. The Labute approximate surface area is 247 Å². The first-order valence-electron chi connectivity index (χ1n) is 14.7. The second kappa shape index (κ2) is 11.3. The van der Waals surface area contributed by atoms with Crippen molar-refractivity contribution >= 4 is 38.9 Å². The van der Waals surface area contributed by atoms with Crippen LogP contribution in [0.2, 0.25) is 0 Å². The Morgan fingerprint density at radius 2 is 1.71 bits per heavy atom. The van der Waals surface area contributed by atoms with E-state index < -0.39 is 16.1 Å². The Morgan fingerprint density at radius 1 is 0.929 bits per heavy atom. The van der Waals surface area contributed by atoms with Crippen LogP contribution in [0.25, 0.3) is 28.2 Å². The van der Waals surface area contributed by atoms with E-state index in [1.54, 1.807) is 19.2 Å². The molecule has 1 saturated carbocycles. The number of aromatic nitrogens is 1. The van der Waals surface area contributed by atoms with E-state index in [1.165, 1.54) is 19.0 Å². The first kappa shape index (κ1) is 28.6. The minimum atomic E-state index is -4.03. The normalized spacial score (nSPS) is 20.8. The van der Waals surface area contributed by atoms with Gasteiger partial charge in [-0.2, -0.15) is 12.7 Å². The lowest BCUT2D eigenvalue weighted by Gasteiger charge is -2.24. The largest absolute Gasteiger partial charge is 0.497 e. The van der Waals surface area contributed by atoms with Gasteiger partial charge in [0, 0.05) is 41.2 Å². The van der Waals surface area contributed by atoms with E-state index in [2.05, 4.69) is 15.4 Å². The maximum atomic E-state index is 13.8. The lowest BCUT2D eigenvalue weighted by molar-refractivity contribution is -0.116. The van der Waals surface area contributed by atoms with Gasteiger partial charge in [0.1, 0.15) is 5.75 Å². The second-order valence-electron chi connectivity index (χ2n) is 11.8. The molecule has 1 amide bonds. The fraction of sp³-hybridized carbons (Fsp3) is 0.438. The Hall–Kier alpha value is -3.47. The molecule has 222 valence electrons. The van der Waals surface area contributed by atoms with Gasteiger partial charge >= 0.3 is 10.2 Å². The van der Waals surface area contributed by atoms with Crippen LogP contribution in [0.5, 0.6) is 5.75 Å². The first-order chi connectivity index (χ1) is 20.2. The van der Waals surface area contributed by atoms with E-state index in [0.29, 0.717) is 31.0 Å². The van der Waals surface area contributed by atoms with Crippen LogP contribution in [0, 0.1) is 0 Å². The van der Waals surface area contributed by atoms with Crippen LogP contribution in [0.3, 0.4) is 0 Å². The van der Waals surface area contributed by atoms with Crippen LogP contribution in [0.1, 0.15) is 65.9 Å². The molecule has 1 N–H and O–H groups in total. The molecule has 3 heterocycles. The zero-order chi connectivity index (χ0) is 29.6. The average Bonchev–Trinajstić information content (AvgIpc) is 3.18. The number of ketones is 1. The molecule has 2 aromatic carbocycles. The summed E-state index contributed by atoms with van der Waals surface area (Å²) in [7, 11) is 0.940. The summed E-state index contributed by atoms with van der Waals surface area (Å²) in [5, 5.41) is 1.04. The molecule has 1 aromatic heterocycles. The Balaban J connectivity index is 1.62. The minimum Gasteiger partial charge on any atom is -0.497 e. The summed E-state index contributed by atoms with van der Waals surface area (Å²) in [5.41, 5.74) is 6.04. The van der Waals surface area contributed by atoms with Crippen LogP contribution in [0.15, 0.2) is 42.0 Å². The number of nitrogens with one attached hydrogen (secondary N) is 1. The molecule has 3 aliphatic rings. The van der Waals surface area contributed by atoms with Crippen molar-refractivity contribution in [3.8, 4) is 17.0 Å². The summed E-state index contributed by atoms with van der Waals surface area (Å²) in [4.78, 5) is 29.1. The van der Waals surface area contributed by atoms with Gasteiger partial charge in [-0.3, -0.25) is 14.5 Å². The van der Waals surface area contributed by atoms with Crippen molar-refractivity contribution < 1.29 is 22.7 Å². The topological polar surface area (TPSA) is 101 Å². The molecular formula is C32H38N4O5S. The third kappa shape index (κ3) is 5.27. The number of carbonyl (C=O) groups is 2. The number of rotatable bonds is 2. The fourth-order valence-corrected chi connectivity index (χ4v) is 7.59. The summed E-state index contributed by atoms with van der Waals surface area (Å²) < 4.78 is 37.1. The molecule has 6 rings (SSSR count). The quantitative estimate of drug-likeness (QED) is 0.469. The molecule has 0 spiro atoms. The third-order valence-electron chi connectivity index (χ3n) is 8.97. The highest BCUT2D eigenvalue weighted by molar-refractivity contribution is 7.87. The van der Waals surface area contributed by atoms with Crippen molar-refractivity contribution in [2.75, 3.05) is 40.8 Å². The SMILES string of the molecule is COc1ccc2c(c1)C=C1Cn3c-2c(C2CCCCC2)c2ccc(cc23)C(=O)NS(=O)(=O)N(C)CCCN(C)CC1=O. The van der Waals surface area contributed by atoms with Crippen LogP contribution in [-0.2, 0) is 21.5 Å². The molecule has 0 saturated heterocycles. The van der Waals surface area contributed by atoms with Gasteiger partial charge in [0.15, 0.2) is 5.78 Å². The molecule has 10 heteroatoms. The van der Waals surface area contributed by atoms with Gasteiger partial charge in [-0.05, 0) is 86.3 Å². The average molecular weight is 591 g/mol. The van der Waals surface area contributed by atoms with Gasteiger partial charge in [-0.1, -0.05) is 25.3 Å². The van der Waals surface area contributed by atoms with Crippen LogP contribution < -0.4 is 9.46 Å². The van der Waals surface area contributed by atoms with Gasteiger partial charge in [-0.25, -0.2) is 4.72 Å². The molecule has 1 fully saturated rings. The fourth-order valence-electron chi connectivity index (χ4n) is 6.72. The highest BCUT2D eigenvalue weighted by atomic mass is 32.2. The van der Waals surface area contributed by atoms with Gasteiger partial charge in [0.25, 0.3) is 5.91 Å². The van der Waals surface area contributed by atoms with E-state index in [9.17, 15) is 18.0 Å². The van der Waals surface area contributed by atoms with Crippen molar-refractivity contribution in [1.29, 1.82) is 0 Å². The molecule has 0 unspecified atom stereocenters. The van der Waals surface area contributed by atoms with E-state index in [4.69, 9.17) is 4.74 Å². The van der Waals surface area contributed by atoms with Crippen LogP contribution in [0.4, 0.5) is 0 Å². The van der Waals surface area contributed by atoms with Gasteiger partial charge < -0.3 is 9.30 Å². The summed E-state index contributed by atoms with van der Waals surface area (Å²) in [6.07, 6.45) is 8.20. The summed E-state index contributed by atoms with van der Waals surface area (Å²) in [6.45, 7) is 1.32. The number of nitrogens with zero attached hydrogens (tertiary/aromatic N) is 3. The van der Waals surface area contributed by atoms with Crippen LogP contribution in [-0.4, -0.2) is 74.7 Å². The number of ether oxygens (including phenoxy) is 1. The lowest BCUT2D eigenvalue weighted by Crippen LogP contribution is -2.42. The molecule has 3 aromatic rings. The molecule has 0 radical (unpaired) electrons. The lowest BCUT2D eigenvalue weighted by atomic mass is 9.81. The van der Waals surface area contributed by atoms with Crippen molar-refractivity contribution in [3.63, 3.8) is 0 Å². The molecule has 4 bridgehead atoms. The highest BCUT2D eigenvalue weighted by Gasteiger charge is 2.31. The molecular weight excluding hydrogens is 552 g/mol. The summed E-state index contributed by atoms with van der Waals surface area (Å²) in [5.74, 6) is 0.412. The number of amides is 1. The van der Waals surface area contributed by atoms with Crippen molar-refractivity contribution in [2.24, 2.45) is 0 Å². The smallest absolute Gasteiger partial charge is 0.303 e. The molecule has 2 aliphatic heterocycles. The van der Waals surface area contributed by atoms with Gasteiger partial charge in [0.05, 0.1) is 25.9 Å². The molecule has 9 nitrogen and oxygen atoms in total. The molecule has 1 aliphatic carbocycles. The zero-order valence-corrected chi connectivity index (χ0v) is 25.3. The number of hydrogen-bond donors (Lipinski definition) is 1. The standard InChI is InChI=1S/C32H38N4O5S/c1-34-14-7-15-35(2)42(39,40)33-32(38)22-10-12-27-28(18-22)36-19-24(29(37)20-34)16-23-17-25(41-3)11-13-26(23)31(36)30(27)21-8-5-4-6-9-21/h10-13,16-18,21H,4-9,14-15,19-20H2,1-3H3,(H,33,38). The number of fused-ring (bicyclic) bond motifs is 4. The Kier molecular flexibility index (Phi) is 7.72. The van der Waals surface area contributed by atoms with E-state index >= 15 is 0 Å². The number of likely N-dealkylation sites (N-methyl/N-ethyl adjacent to an activating group) is 1. The zero-order valence-electron chi connectivity index (χ0n) is 24.5. The third-order valence-corrected chi connectivity index (χ3v) is 10.4. The summed E-state index contributed by atoms with van der Waals surface area (Å²) >= 11 is 0. The Morgan fingerprint density at radius 3 is 2.48 bits per heavy atom. The monoisotopic (exact) mass is 590 g/mol. The predicted octanol–water partition coefficient (Wildman–Crippen LogP) is 4.57. The highest BCUT2D eigenvalue weighted by Crippen LogP contribution is 2.47. The van der Waals surface area contributed by atoms with Crippen molar-refractivity contribution in [3.05, 3.63) is 58.7 Å². The Bertz CT molecular complexity index is 1700. The second-order valence-corrected chi connectivity index (χ2v) is 13.6. The number of carbonyl (C=O) groups excluding carboxylic acids is 2. The van der Waals surface area contributed by atoms with E-state index in [-0.39, 0.29) is 24.4 Å².